The second kappa shape index (κ2) is 5.54. The Hall–Kier alpha value is -0.240. The highest BCUT2D eigenvalue weighted by Crippen LogP contribution is 2.04. The molecule has 0 fully saturated rings. The number of ether oxygens (including phenoxy) is 1. The molecule has 10 heavy (non-hydrogen) atoms. The molecule has 3 heteroatoms. The SMILES string of the molecule is CCCC(Cl)COC(C)=O. The van der Waals surface area contributed by atoms with Gasteiger partial charge < -0.3 is 4.74 Å². The number of halogens is 1. The highest BCUT2D eigenvalue weighted by Gasteiger charge is 2.03. The van der Waals surface area contributed by atoms with Crippen LogP contribution in [0.15, 0.2) is 0 Å². The molecule has 0 aromatic rings. The summed E-state index contributed by atoms with van der Waals surface area (Å²) >= 11 is 5.75. The maximum absolute atomic E-state index is 10.3. The minimum absolute atomic E-state index is 0.0195. The molecule has 0 saturated heterocycles. The summed E-state index contributed by atoms with van der Waals surface area (Å²) in [5.41, 5.74) is 0. The largest absolute Gasteiger partial charge is 0.464 e. The fourth-order valence-electron chi connectivity index (χ4n) is 0.604. The van der Waals surface area contributed by atoms with E-state index in [0.29, 0.717) is 6.61 Å². The molecule has 0 heterocycles. The third kappa shape index (κ3) is 5.89. The summed E-state index contributed by atoms with van der Waals surface area (Å²) in [6, 6.07) is 0. The smallest absolute Gasteiger partial charge is 0.302 e. The van der Waals surface area contributed by atoms with Crippen LogP contribution in [0, 0.1) is 0 Å². The minimum atomic E-state index is -0.262. The fraction of sp³-hybridized carbons (Fsp3) is 0.857. The maximum Gasteiger partial charge on any atom is 0.302 e. The Balaban J connectivity index is 3.21. The molecule has 0 saturated carbocycles. The van der Waals surface area contributed by atoms with Gasteiger partial charge in [-0.3, -0.25) is 4.79 Å². The Bertz CT molecular complexity index is 104. The summed E-state index contributed by atoms with van der Waals surface area (Å²) < 4.78 is 4.69. The normalized spacial score (nSPS) is 12.7. The molecule has 0 aliphatic heterocycles. The zero-order valence-corrected chi connectivity index (χ0v) is 7.15. The highest BCUT2D eigenvalue weighted by atomic mass is 35.5. The first-order valence-corrected chi connectivity index (χ1v) is 3.88. The zero-order chi connectivity index (χ0) is 7.98. The van der Waals surface area contributed by atoms with E-state index in [1.165, 1.54) is 6.92 Å². The second-order valence-electron chi connectivity index (χ2n) is 2.19. The number of alkyl halides is 1. The molecule has 0 aliphatic rings. The number of hydrogen-bond donors (Lipinski definition) is 0. The van der Waals surface area contributed by atoms with Crippen molar-refractivity contribution in [3.63, 3.8) is 0 Å². The first-order chi connectivity index (χ1) is 4.66. The maximum atomic E-state index is 10.3. The van der Waals surface area contributed by atoms with Crippen molar-refractivity contribution in [1.82, 2.24) is 0 Å². The van der Waals surface area contributed by atoms with E-state index in [0.717, 1.165) is 12.8 Å². The summed E-state index contributed by atoms with van der Waals surface area (Å²) in [5.74, 6) is -0.262. The van der Waals surface area contributed by atoms with E-state index in [1.807, 2.05) is 6.92 Å². The molecular formula is C7H13ClO2. The molecule has 0 aliphatic carbocycles. The van der Waals surface area contributed by atoms with Crippen molar-refractivity contribution in [2.24, 2.45) is 0 Å². The van der Waals surface area contributed by atoms with Crippen molar-refractivity contribution in [1.29, 1.82) is 0 Å². The van der Waals surface area contributed by atoms with Crippen molar-refractivity contribution >= 4 is 17.6 Å². The first-order valence-electron chi connectivity index (χ1n) is 3.44. The van der Waals surface area contributed by atoms with Crippen LogP contribution in [-0.2, 0) is 9.53 Å². The lowest BCUT2D eigenvalue weighted by molar-refractivity contribution is -0.140. The lowest BCUT2D eigenvalue weighted by Crippen LogP contribution is -2.11. The summed E-state index contributed by atoms with van der Waals surface area (Å²) in [6.07, 6.45) is 1.92. The van der Waals surface area contributed by atoms with Gasteiger partial charge in [-0.25, -0.2) is 0 Å². The Morgan fingerprint density at radius 3 is 2.70 bits per heavy atom. The summed E-state index contributed by atoms with van der Waals surface area (Å²) in [7, 11) is 0. The molecule has 0 aromatic heterocycles. The molecule has 0 N–H and O–H groups in total. The second-order valence-corrected chi connectivity index (χ2v) is 2.81. The van der Waals surface area contributed by atoms with E-state index in [2.05, 4.69) is 4.74 Å². The van der Waals surface area contributed by atoms with Gasteiger partial charge in [0.15, 0.2) is 0 Å². The monoisotopic (exact) mass is 164 g/mol. The van der Waals surface area contributed by atoms with Crippen LogP contribution in [-0.4, -0.2) is 18.0 Å². The third-order valence-corrected chi connectivity index (χ3v) is 1.41. The van der Waals surface area contributed by atoms with Gasteiger partial charge in [-0.05, 0) is 6.42 Å². The summed E-state index contributed by atoms with van der Waals surface area (Å²) in [5, 5.41) is -0.0195. The van der Waals surface area contributed by atoms with Crippen LogP contribution in [0.1, 0.15) is 26.7 Å². The fourth-order valence-corrected chi connectivity index (χ4v) is 0.886. The molecule has 0 bridgehead atoms. The summed E-state index contributed by atoms with van der Waals surface area (Å²) in [4.78, 5) is 10.3. The van der Waals surface area contributed by atoms with Crippen LogP contribution in [0.2, 0.25) is 0 Å². The van der Waals surface area contributed by atoms with Gasteiger partial charge >= 0.3 is 5.97 Å². The molecular weight excluding hydrogens is 152 g/mol. The Labute approximate surface area is 66.5 Å². The van der Waals surface area contributed by atoms with Crippen LogP contribution < -0.4 is 0 Å². The van der Waals surface area contributed by atoms with E-state index < -0.39 is 0 Å². The van der Waals surface area contributed by atoms with Crippen molar-refractivity contribution in [2.45, 2.75) is 32.1 Å². The molecule has 0 spiro atoms. The molecule has 1 unspecified atom stereocenters. The van der Waals surface area contributed by atoms with Gasteiger partial charge in [0.05, 0.1) is 5.38 Å². The highest BCUT2D eigenvalue weighted by molar-refractivity contribution is 6.20. The number of carbonyl (C=O) groups excluding carboxylic acids is 1. The van der Waals surface area contributed by atoms with Gasteiger partial charge in [0.25, 0.3) is 0 Å². The molecule has 0 amide bonds. The Morgan fingerprint density at radius 2 is 2.30 bits per heavy atom. The van der Waals surface area contributed by atoms with Crippen LogP contribution in [0.4, 0.5) is 0 Å². The van der Waals surface area contributed by atoms with E-state index >= 15 is 0 Å². The number of hydrogen-bond acceptors (Lipinski definition) is 2. The Morgan fingerprint density at radius 1 is 1.70 bits per heavy atom. The topological polar surface area (TPSA) is 26.3 Å². The Kier molecular flexibility index (Phi) is 5.40. The average Bonchev–Trinajstić information content (AvgIpc) is 1.85. The van der Waals surface area contributed by atoms with Gasteiger partial charge in [0.2, 0.25) is 0 Å². The first kappa shape index (κ1) is 9.76. The molecule has 0 radical (unpaired) electrons. The number of esters is 1. The van der Waals surface area contributed by atoms with E-state index in [9.17, 15) is 4.79 Å². The van der Waals surface area contributed by atoms with Gasteiger partial charge in [-0.1, -0.05) is 13.3 Å². The predicted octanol–water partition coefficient (Wildman–Crippen LogP) is 1.96. The zero-order valence-electron chi connectivity index (χ0n) is 6.39. The molecule has 2 nitrogen and oxygen atoms in total. The van der Waals surface area contributed by atoms with Crippen LogP contribution in [0.25, 0.3) is 0 Å². The van der Waals surface area contributed by atoms with Crippen molar-refractivity contribution in [3.8, 4) is 0 Å². The number of rotatable bonds is 4. The third-order valence-electron chi connectivity index (χ3n) is 1.07. The van der Waals surface area contributed by atoms with Gasteiger partial charge in [-0.2, -0.15) is 0 Å². The van der Waals surface area contributed by atoms with Gasteiger partial charge in [0.1, 0.15) is 6.61 Å². The lowest BCUT2D eigenvalue weighted by Gasteiger charge is -2.06. The van der Waals surface area contributed by atoms with Crippen LogP contribution >= 0.6 is 11.6 Å². The summed E-state index contributed by atoms with van der Waals surface area (Å²) in [6.45, 7) is 3.77. The molecule has 0 rings (SSSR count). The van der Waals surface area contributed by atoms with Crippen LogP contribution in [0.3, 0.4) is 0 Å². The van der Waals surface area contributed by atoms with E-state index in [4.69, 9.17) is 11.6 Å². The lowest BCUT2D eigenvalue weighted by atomic mass is 10.2. The van der Waals surface area contributed by atoms with Crippen molar-refractivity contribution in [2.75, 3.05) is 6.61 Å². The predicted molar refractivity (Wildman–Crippen MR) is 41.2 cm³/mol. The molecule has 60 valence electrons. The minimum Gasteiger partial charge on any atom is -0.464 e. The van der Waals surface area contributed by atoms with Gasteiger partial charge in [-0.15, -0.1) is 11.6 Å². The standard InChI is InChI=1S/C7H13ClO2/c1-3-4-7(8)5-10-6(2)9/h7H,3-5H2,1-2H3. The van der Waals surface area contributed by atoms with Crippen LogP contribution in [0.5, 0.6) is 0 Å². The van der Waals surface area contributed by atoms with Crippen molar-refractivity contribution in [3.05, 3.63) is 0 Å². The molecule has 1 atom stereocenters. The van der Waals surface area contributed by atoms with Crippen molar-refractivity contribution < 1.29 is 9.53 Å². The van der Waals surface area contributed by atoms with Gasteiger partial charge in [0, 0.05) is 6.92 Å². The van der Waals surface area contributed by atoms with E-state index in [1.54, 1.807) is 0 Å². The molecule has 0 aromatic carbocycles. The average molecular weight is 165 g/mol. The number of carbonyl (C=O) groups is 1. The quantitative estimate of drug-likeness (QED) is 0.469. The van der Waals surface area contributed by atoms with E-state index in [-0.39, 0.29) is 11.3 Å².